The molecule has 2 N–H and O–H groups in total. The Morgan fingerprint density at radius 3 is 1.89 bits per heavy atom. The highest BCUT2D eigenvalue weighted by atomic mass is 16.6. The minimum Gasteiger partial charge on any atom is -0.497 e. The largest absolute Gasteiger partial charge is 0.497 e. The lowest BCUT2D eigenvalue weighted by molar-refractivity contribution is -0.384. The number of anilines is 2. The Kier molecular flexibility index (Phi) is 7.39. The number of benzene rings is 3. The number of nitro benzene ring substituents is 1. The number of hydrogen-bond donors (Lipinski definition) is 2. The van der Waals surface area contributed by atoms with Crippen molar-refractivity contribution >= 4 is 23.5 Å². The van der Waals surface area contributed by atoms with E-state index in [0.717, 1.165) is 27.3 Å². The van der Waals surface area contributed by atoms with Gasteiger partial charge in [-0.05, 0) is 47.5 Å². The van der Waals surface area contributed by atoms with Gasteiger partial charge in [-0.25, -0.2) is 0 Å². The summed E-state index contributed by atoms with van der Waals surface area (Å²) >= 11 is 0. The van der Waals surface area contributed by atoms with Gasteiger partial charge < -0.3 is 20.1 Å². The van der Waals surface area contributed by atoms with Gasteiger partial charge >= 0.3 is 0 Å². The lowest BCUT2D eigenvalue weighted by Crippen LogP contribution is -2.17. The molecule has 0 aliphatic heterocycles. The van der Waals surface area contributed by atoms with Gasteiger partial charge in [-0.2, -0.15) is 9.67 Å². The summed E-state index contributed by atoms with van der Waals surface area (Å²) in [5.74, 6) is 1.48. The fourth-order valence-corrected chi connectivity index (χ4v) is 3.34. The minimum absolute atomic E-state index is 0.107. The first-order chi connectivity index (χ1) is 17.5. The number of hydrogen-bond acceptors (Lipinski definition) is 9. The molecule has 4 aromatic rings. The molecule has 0 amide bonds. The molecule has 0 unspecified atom stereocenters. The van der Waals surface area contributed by atoms with Crippen molar-refractivity contribution in [3.63, 3.8) is 0 Å². The van der Waals surface area contributed by atoms with Crippen molar-refractivity contribution in [2.45, 2.75) is 13.1 Å². The molecule has 0 spiro atoms. The van der Waals surface area contributed by atoms with Crippen molar-refractivity contribution in [3.05, 3.63) is 99.6 Å². The van der Waals surface area contributed by atoms with Crippen molar-refractivity contribution in [1.82, 2.24) is 14.8 Å². The highest BCUT2D eigenvalue weighted by molar-refractivity contribution is 5.97. The van der Waals surface area contributed by atoms with Crippen LogP contribution in [0, 0.1) is 10.1 Å². The molecule has 0 aliphatic rings. The first-order valence-corrected chi connectivity index (χ1v) is 11.0. The number of non-ortho nitro benzene ring substituents is 1. The smallest absolute Gasteiger partial charge is 0.281 e. The van der Waals surface area contributed by atoms with E-state index in [9.17, 15) is 14.9 Å². The van der Waals surface area contributed by atoms with Crippen LogP contribution in [0.4, 0.5) is 17.6 Å². The van der Waals surface area contributed by atoms with E-state index in [4.69, 9.17) is 9.47 Å². The predicted molar refractivity (Wildman–Crippen MR) is 133 cm³/mol. The number of methoxy groups -OCH3 is 2. The molecule has 184 valence electrons. The summed E-state index contributed by atoms with van der Waals surface area (Å²) in [7, 11) is 3.20. The zero-order valence-corrected chi connectivity index (χ0v) is 19.7. The molecule has 4 rings (SSSR count). The van der Waals surface area contributed by atoms with Crippen LogP contribution in [-0.4, -0.2) is 39.8 Å². The average Bonchev–Trinajstić information content (AvgIpc) is 3.34. The second-order valence-electron chi connectivity index (χ2n) is 7.68. The van der Waals surface area contributed by atoms with Gasteiger partial charge in [0.05, 0.1) is 19.1 Å². The zero-order chi connectivity index (χ0) is 25.5. The number of aromatic nitrogens is 3. The quantitative estimate of drug-likeness (QED) is 0.250. The standard InChI is InChI=1S/C25H24N6O5/c1-35-21-11-3-17(4-12-21)15-26-24-28-25(27-16-18-5-13-22(36-2)14-6-18)30(29-24)23(32)19-7-9-20(10-8-19)31(33)34/h3-14H,15-16H2,1-2H3,(H2,26,27,28,29). The molecule has 3 aromatic carbocycles. The maximum Gasteiger partial charge on any atom is 0.281 e. The third-order valence-electron chi connectivity index (χ3n) is 5.34. The van der Waals surface area contributed by atoms with Crippen molar-refractivity contribution in [3.8, 4) is 11.5 Å². The fraction of sp³-hybridized carbons (Fsp3) is 0.160. The first kappa shape index (κ1) is 24.2. The Labute approximate surface area is 206 Å². The molecular weight excluding hydrogens is 464 g/mol. The summed E-state index contributed by atoms with van der Waals surface area (Å²) < 4.78 is 11.5. The monoisotopic (exact) mass is 488 g/mol. The molecular formula is C25H24N6O5. The molecule has 1 heterocycles. The van der Waals surface area contributed by atoms with E-state index in [0.29, 0.717) is 13.1 Å². The Morgan fingerprint density at radius 2 is 1.39 bits per heavy atom. The zero-order valence-electron chi connectivity index (χ0n) is 19.7. The first-order valence-electron chi connectivity index (χ1n) is 11.0. The molecule has 36 heavy (non-hydrogen) atoms. The van der Waals surface area contributed by atoms with Crippen molar-refractivity contribution in [2.75, 3.05) is 24.9 Å². The number of carbonyl (C=O) groups is 1. The highest BCUT2D eigenvalue weighted by Gasteiger charge is 2.19. The van der Waals surface area contributed by atoms with Crippen LogP contribution in [0.3, 0.4) is 0 Å². The third kappa shape index (κ3) is 5.76. The summed E-state index contributed by atoms with van der Waals surface area (Å²) in [6, 6.07) is 20.3. The van der Waals surface area contributed by atoms with Crippen LogP contribution in [0.15, 0.2) is 72.8 Å². The summed E-state index contributed by atoms with van der Waals surface area (Å²) in [6.07, 6.45) is 0. The number of carbonyl (C=O) groups excluding carboxylic acids is 1. The second kappa shape index (κ2) is 11.0. The van der Waals surface area contributed by atoms with Gasteiger partial charge in [-0.15, -0.1) is 5.10 Å². The number of nitro groups is 1. The molecule has 11 heteroatoms. The molecule has 0 fully saturated rings. The van der Waals surface area contributed by atoms with E-state index in [1.54, 1.807) is 14.2 Å². The topological polar surface area (TPSA) is 133 Å². The summed E-state index contributed by atoms with van der Waals surface area (Å²) in [6.45, 7) is 0.811. The van der Waals surface area contributed by atoms with Crippen molar-refractivity contribution in [1.29, 1.82) is 0 Å². The van der Waals surface area contributed by atoms with Gasteiger partial charge in [-0.3, -0.25) is 14.9 Å². The molecule has 0 saturated carbocycles. The van der Waals surface area contributed by atoms with E-state index in [-0.39, 0.29) is 23.1 Å². The van der Waals surface area contributed by atoms with Crippen LogP contribution in [0.25, 0.3) is 0 Å². The Balaban J connectivity index is 1.55. The molecule has 0 radical (unpaired) electrons. The van der Waals surface area contributed by atoms with Gasteiger partial charge in [0.1, 0.15) is 11.5 Å². The third-order valence-corrected chi connectivity index (χ3v) is 5.34. The lowest BCUT2D eigenvalue weighted by atomic mass is 10.2. The Bertz CT molecular complexity index is 1340. The molecule has 1 aromatic heterocycles. The SMILES string of the molecule is COc1ccc(CNc2nc(NCc3ccc(OC)cc3)n(C(=O)c3ccc([N+](=O)[O-])cc3)n2)cc1. The highest BCUT2D eigenvalue weighted by Crippen LogP contribution is 2.19. The maximum absolute atomic E-state index is 13.2. The molecule has 0 aliphatic carbocycles. The summed E-state index contributed by atoms with van der Waals surface area (Å²) in [5.41, 5.74) is 2.05. The maximum atomic E-state index is 13.2. The van der Waals surface area contributed by atoms with E-state index >= 15 is 0 Å². The molecule has 11 nitrogen and oxygen atoms in total. The number of nitrogens with zero attached hydrogens (tertiary/aromatic N) is 4. The van der Waals surface area contributed by atoms with Gasteiger partial charge in [-0.1, -0.05) is 24.3 Å². The van der Waals surface area contributed by atoms with Crippen LogP contribution >= 0.6 is 0 Å². The predicted octanol–water partition coefficient (Wildman–Crippen LogP) is 4.12. The number of nitrogens with one attached hydrogen (secondary N) is 2. The van der Waals surface area contributed by atoms with Crippen molar-refractivity contribution < 1.29 is 19.2 Å². The molecule has 0 saturated heterocycles. The number of ether oxygens (including phenoxy) is 2. The Morgan fingerprint density at radius 1 is 0.861 bits per heavy atom. The molecule has 0 atom stereocenters. The van der Waals surface area contributed by atoms with Crippen LogP contribution in [0.5, 0.6) is 11.5 Å². The number of rotatable bonds is 10. The molecule has 0 bridgehead atoms. The van der Waals surface area contributed by atoms with Crippen LogP contribution < -0.4 is 20.1 Å². The van der Waals surface area contributed by atoms with Crippen LogP contribution in [-0.2, 0) is 13.1 Å². The minimum atomic E-state index is -0.521. The average molecular weight is 489 g/mol. The van der Waals surface area contributed by atoms with Crippen molar-refractivity contribution in [2.24, 2.45) is 0 Å². The summed E-state index contributed by atoms with van der Waals surface area (Å²) in [5, 5.41) is 21.6. The van der Waals surface area contributed by atoms with E-state index in [2.05, 4.69) is 20.7 Å². The van der Waals surface area contributed by atoms with Gasteiger partial charge in [0.15, 0.2) is 0 Å². The second-order valence-corrected chi connectivity index (χ2v) is 7.68. The van der Waals surface area contributed by atoms with Crippen LogP contribution in [0.1, 0.15) is 21.5 Å². The Hall–Kier alpha value is -4.93. The van der Waals surface area contributed by atoms with Gasteiger partial charge in [0.2, 0.25) is 11.9 Å². The van der Waals surface area contributed by atoms with E-state index in [1.807, 2.05) is 48.5 Å². The van der Waals surface area contributed by atoms with E-state index < -0.39 is 10.8 Å². The summed E-state index contributed by atoms with van der Waals surface area (Å²) in [4.78, 5) is 28.1. The lowest BCUT2D eigenvalue weighted by Gasteiger charge is -2.08. The van der Waals surface area contributed by atoms with Gasteiger partial charge in [0.25, 0.3) is 11.6 Å². The normalized spacial score (nSPS) is 10.5. The van der Waals surface area contributed by atoms with Gasteiger partial charge in [0, 0.05) is 30.8 Å². The van der Waals surface area contributed by atoms with E-state index in [1.165, 1.54) is 24.3 Å². The van der Waals surface area contributed by atoms with Crippen LogP contribution in [0.2, 0.25) is 0 Å². The fourth-order valence-electron chi connectivity index (χ4n) is 3.34.